The summed E-state index contributed by atoms with van der Waals surface area (Å²) in [5.41, 5.74) is 2.61. The van der Waals surface area contributed by atoms with Crippen molar-refractivity contribution in [1.82, 2.24) is 10.3 Å². The molecule has 2 aromatic carbocycles. The van der Waals surface area contributed by atoms with Crippen LogP contribution in [0.5, 0.6) is 0 Å². The van der Waals surface area contributed by atoms with Crippen molar-refractivity contribution in [2.24, 2.45) is 0 Å². The van der Waals surface area contributed by atoms with Crippen LogP contribution >= 0.6 is 0 Å². The lowest BCUT2D eigenvalue weighted by atomic mass is 9.94. The zero-order valence-corrected chi connectivity index (χ0v) is 12.6. The lowest BCUT2D eigenvalue weighted by Crippen LogP contribution is -2.34. The van der Waals surface area contributed by atoms with E-state index in [-0.39, 0.29) is 11.7 Å². The van der Waals surface area contributed by atoms with Crippen LogP contribution in [0.25, 0.3) is 10.9 Å². The molecule has 1 aliphatic rings. The Labute approximate surface area is 133 Å². The molecule has 1 amide bonds. The van der Waals surface area contributed by atoms with Crippen LogP contribution in [0.15, 0.2) is 54.7 Å². The van der Waals surface area contributed by atoms with Gasteiger partial charge in [-0.25, -0.2) is 4.39 Å². The van der Waals surface area contributed by atoms with Gasteiger partial charge in [0.2, 0.25) is 5.91 Å². The number of hydrogen-bond donors (Lipinski definition) is 2. The van der Waals surface area contributed by atoms with Gasteiger partial charge < -0.3 is 10.3 Å². The van der Waals surface area contributed by atoms with Crippen LogP contribution in [0.4, 0.5) is 4.39 Å². The van der Waals surface area contributed by atoms with Crippen molar-refractivity contribution < 1.29 is 9.18 Å². The average Bonchev–Trinajstić information content (AvgIpc) is 3.27. The Hall–Kier alpha value is -2.62. The predicted octanol–water partition coefficient (Wildman–Crippen LogP) is 3.66. The summed E-state index contributed by atoms with van der Waals surface area (Å²) in [4.78, 5) is 16.0. The molecule has 1 saturated carbocycles. The highest BCUT2D eigenvalue weighted by atomic mass is 19.1. The van der Waals surface area contributed by atoms with E-state index in [2.05, 4.69) is 16.4 Å². The van der Waals surface area contributed by atoms with Crippen LogP contribution in [-0.4, -0.2) is 10.9 Å². The smallest absolute Gasteiger partial charge is 0.231 e. The zero-order valence-electron chi connectivity index (χ0n) is 12.6. The highest BCUT2D eigenvalue weighted by Crippen LogP contribution is 2.50. The molecule has 1 aliphatic carbocycles. The summed E-state index contributed by atoms with van der Waals surface area (Å²) in [6.45, 7) is 0.420. The van der Waals surface area contributed by atoms with Gasteiger partial charge in [0.25, 0.3) is 0 Å². The number of amides is 1. The molecule has 3 nitrogen and oxygen atoms in total. The van der Waals surface area contributed by atoms with Crippen molar-refractivity contribution in [2.45, 2.75) is 24.8 Å². The SMILES string of the molecule is O=C(NCc1ccc(F)cc1)C1(c2c[nH]c3ccccc23)CC1. The summed E-state index contributed by atoms with van der Waals surface area (Å²) in [6.07, 6.45) is 3.68. The quantitative estimate of drug-likeness (QED) is 0.759. The van der Waals surface area contributed by atoms with Gasteiger partial charge in [-0.3, -0.25) is 4.79 Å². The van der Waals surface area contributed by atoms with Gasteiger partial charge in [0.05, 0.1) is 5.41 Å². The maximum Gasteiger partial charge on any atom is 0.231 e. The second-order valence-electron chi connectivity index (χ2n) is 6.14. The Bertz CT molecular complexity index is 862. The van der Waals surface area contributed by atoms with E-state index < -0.39 is 5.41 Å². The number of aromatic amines is 1. The summed E-state index contributed by atoms with van der Waals surface area (Å²) in [5.74, 6) is -0.218. The van der Waals surface area contributed by atoms with Gasteiger partial charge in [-0.2, -0.15) is 0 Å². The van der Waals surface area contributed by atoms with Gasteiger partial charge in [-0.15, -0.1) is 0 Å². The standard InChI is InChI=1S/C19H17FN2O/c20-14-7-5-13(6-8-14)11-22-18(23)19(9-10-19)16-12-21-17-4-2-1-3-15(16)17/h1-8,12,21H,9-11H2,(H,22,23). The van der Waals surface area contributed by atoms with E-state index in [1.165, 1.54) is 12.1 Å². The number of carbonyl (C=O) groups is 1. The Kier molecular flexibility index (Phi) is 3.18. The van der Waals surface area contributed by atoms with Crippen molar-refractivity contribution in [1.29, 1.82) is 0 Å². The molecule has 0 saturated heterocycles. The van der Waals surface area contributed by atoms with Gasteiger partial charge in [0.1, 0.15) is 5.82 Å². The van der Waals surface area contributed by atoms with Crippen LogP contribution in [0.1, 0.15) is 24.0 Å². The molecule has 4 heteroatoms. The molecule has 2 N–H and O–H groups in total. The summed E-state index contributed by atoms with van der Waals surface area (Å²) in [5, 5.41) is 4.11. The monoisotopic (exact) mass is 308 g/mol. The highest BCUT2D eigenvalue weighted by molar-refractivity contribution is 5.97. The average molecular weight is 308 g/mol. The van der Waals surface area contributed by atoms with Crippen LogP contribution in [0.2, 0.25) is 0 Å². The van der Waals surface area contributed by atoms with Crippen molar-refractivity contribution in [3.05, 3.63) is 71.7 Å². The van der Waals surface area contributed by atoms with Crippen molar-refractivity contribution in [3.63, 3.8) is 0 Å². The molecular weight excluding hydrogens is 291 g/mol. The predicted molar refractivity (Wildman–Crippen MR) is 87.5 cm³/mol. The largest absolute Gasteiger partial charge is 0.361 e. The Morgan fingerprint density at radius 3 is 2.61 bits per heavy atom. The first-order valence-corrected chi connectivity index (χ1v) is 7.78. The lowest BCUT2D eigenvalue weighted by molar-refractivity contribution is -0.123. The van der Waals surface area contributed by atoms with Crippen molar-refractivity contribution in [3.8, 4) is 0 Å². The molecule has 0 radical (unpaired) electrons. The van der Waals surface area contributed by atoms with E-state index in [4.69, 9.17) is 0 Å². The molecule has 0 unspecified atom stereocenters. The van der Waals surface area contributed by atoms with Gasteiger partial charge in [-0.05, 0) is 42.2 Å². The number of halogens is 1. The third-order valence-corrected chi connectivity index (χ3v) is 4.66. The first-order chi connectivity index (χ1) is 11.2. The fraction of sp³-hybridized carbons (Fsp3) is 0.211. The van der Waals surface area contributed by atoms with Gasteiger partial charge in [0.15, 0.2) is 0 Å². The van der Waals surface area contributed by atoms with Crippen LogP contribution in [0, 0.1) is 5.82 Å². The van der Waals surface area contributed by atoms with E-state index in [1.54, 1.807) is 12.1 Å². The minimum atomic E-state index is -0.417. The molecule has 1 heterocycles. The highest BCUT2D eigenvalue weighted by Gasteiger charge is 2.52. The minimum absolute atomic E-state index is 0.0478. The fourth-order valence-corrected chi connectivity index (χ4v) is 3.16. The van der Waals surface area contributed by atoms with E-state index in [0.717, 1.165) is 34.9 Å². The number of aromatic nitrogens is 1. The first-order valence-electron chi connectivity index (χ1n) is 7.78. The fourth-order valence-electron chi connectivity index (χ4n) is 3.16. The van der Waals surface area contributed by atoms with Crippen LogP contribution < -0.4 is 5.32 Å². The van der Waals surface area contributed by atoms with Gasteiger partial charge in [0, 0.05) is 23.6 Å². The molecular formula is C19H17FN2O. The maximum absolute atomic E-state index is 12.9. The second-order valence-corrected chi connectivity index (χ2v) is 6.14. The first kappa shape index (κ1) is 14.0. The number of carbonyl (C=O) groups excluding carboxylic acids is 1. The number of fused-ring (bicyclic) bond motifs is 1. The normalized spacial score (nSPS) is 15.5. The van der Waals surface area contributed by atoms with Crippen molar-refractivity contribution in [2.75, 3.05) is 0 Å². The molecule has 3 aromatic rings. The van der Waals surface area contributed by atoms with E-state index in [0.29, 0.717) is 6.54 Å². The van der Waals surface area contributed by atoms with Crippen LogP contribution in [0.3, 0.4) is 0 Å². The summed E-state index contributed by atoms with van der Waals surface area (Å²) >= 11 is 0. The van der Waals surface area contributed by atoms with Gasteiger partial charge in [-0.1, -0.05) is 30.3 Å². The molecule has 1 fully saturated rings. The van der Waals surface area contributed by atoms with E-state index in [9.17, 15) is 9.18 Å². The summed E-state index contributed by atoms with van der Waals surface area (Å²) in [6, 6.07) is 14.3. The molecule has 1 aromatic heterocycles. The topological polar surface area (TPSA) is 44.9 Å². The molecule has 0 aliphatic heterocycles. The second kappa shape index (κ2) is 5.23. The Morgan fingerprint density at radius 2 is 1.87 bits per heavy atom. The third-order valence-electron chi connectivity index (χ3n) is 4.66. The minimum Gasteiger partial charge on any atom is -0.361 e. The zero-order chi connectivity index (χ0) is 15.9. The lowest BCUT2D eigenvalue weighted by Gasteiger charge is -2.15. The summed E-state index contributed by atoms with van der Waals surface area (Å²) < 4.78 is 12.9. The number of benzene rings is 2. The number of hydrogen-bond acceptors (Lipinski definition) is 1. The number of rotatable bonds is 4. The summed E-state index contributed by atoms with van der Waals surface area (Å²) in [7, 11) is 0. The molecule has 116 valence electrons. The Balaban J connectivity index is 1.54. The molecule has 0 atom stereocenters. The van der Waals surface area contributed by atoms with Crippen molar-refractivity contribution >= 4 is 16.8 Å². The molecule has 0 bridgehead atoms. The third kappa shape index (κ3) is 2.40. The van der Waals surface area contributed by atoms with Crippen LogP contribution in [-0.2, 0) is 16.8 Å². The number of para-hydroxylation sites is 1. The molecule has 0 spiro atoms. The Morgan fingerprint density at radius 1 is 1.13 bits per heavy atom. The van der Waals surface area contributed by atoms with E-state index in [1.807, 2.05) is 24.4 Å². The number of nitrogens with one attached hydrogen (secondary N) is 2. The van der Waals surface area contributed by atoms with Gasteiger partial charge >= 0.3 is 0 Å². The maximum atomic E-state index is 12.9. The van der Waals surface area contributed by atoms with E-state index >= 15 is 0 Å². The molecule has 23 heavy (non-hydrogen) atoms. The number of H-pyrrole nitrogens is 1. The molecule has 4 rings (SSSR count).